The highest BCUT2D eigenvalue weighted by atomic mass is 32.2. The summed E-state index contributed by atoms with van der Waals surface area (Å²) < 4.78 is 64.6. The minimum Gasteiger partial charge on any atom is -0.495 e. The zero-order chi connectivity index (χ0) is 19.4. The predicted molar refractivity (Wildman–Crippen MR) is 92.6 cm³/mol. The molecule has 25 heavy (non-hydrogen) atoms. The maximum absolute atomic E-state index is 10.6. The fraction of sp³-hybridized carbons (Fsp3) is 0.143. The number of rotatable bonds is 3. The fourth-order valence-corrected chi connectivity index (χ4v) is 2.68. The molecule has 0 atom stereocenters. The van der Waals surface area contributed by atoms with E-state index in [1.807, 2.05) is 0 Å². The molecule has 9 nitrogen and oxygen atoms in total. The average Bonchev–Trinajstić information content (AvgIpc) is 2.48. The highest BCUT2D eigenvalue weighted by molar-refractivity contribution is 7.86. The van der Waals surface area contributed by atoms with Gasteiger partial charge in [0.2, 0.25) is 0 Å². The lowest BCUT2D eigenvalue weighted by Crippen LogP contribution is -2.00. The summed E-state index contributed by atoms with van der Waals surface area (Å²) in [5, 5.41) is 0. The molecule has 0 aromatic heterocycles. The molecule has 2 aromatic rings. The van der Waals surface area contributed by atoms with Crippen LogP contribution in [0.2, 0.25) is 0 Å². The third kappa shape index (κ3) is 5.90. The van der Waals surface area contributed by atoms with Crippen LogP contribution < -0.4 is 16.2 Å². The zero-order valence-electron chi connectivity index (χ0n) is 13.4. The van der Waals surface area contributed by atoms with Crippen LogP contribution in [0.4, 0.5) is 11.4 Å². The summed E-state index contributed by atoms with van der Waals surface area (Å²) >= 11 is 0. The number of hydrogen-bond acceptors (Lipinski definition) is 7. The summed E-state index contributed by atoms with van der Waals surface area (Å²) in [6, 6.07) is 7.79. The van der Waals surface area contributed by atoms with Gasteiger partial charge in [0.05, 0.1) is 22.6 Å². The summed E-state index contributed by atoms with van der Waals surface area (Å²) in [7, 11) is -6.89. The van der Waals surface area contributed by atoms with Gasteiger partial charge in [0.1, 0.15) is 5.75 Å². The van der Waals surface area contributed by atoms with Crippen LogP contribution in [0.15, 0.2) is 46.2 Å². The maximum Gasteiger partial charge on any atom is 0.294 e. The van der Waals surface area contributed by atoms with E-state index in [1.54, 1.807) is 13.0 Å². The van der Waals surface area contributed by atoms with E-state index in [0.717, 1.165) is 11.6 Å². The van der Waals surface area contributed by atoms with Crippen molar-refractivity contribution < 1.29 is 30.7 Å². The van der Waals surface area contributed by atoms with Crippen molar-refractivity contribution in [1.29, 1.82) is 0 Å². The van der Waals surface area contributed by atoms with Gasteiger partial charge in [0, 0.05) is 5.69 Å². The molecule has 0 heterocycles. The quantitative estimate of drug-likeness (QED) is 0.446. The Morgan fingerprint density at radius 3 is 1.64 bits per heavy atom. The lowest BCUT2D eigenvalue weighted by atomic mass is 10.2. The van der Waals surface area contributed by atoms with Gasteiger partial charge in [-0.3, -0.25) is 9.11 Å². The number of benzene rings is 2. The van der Waals surface area contributed by atoms with Gasteiger partial charge in [-0.15, -0.1) is 0 Å². The van der Waals surface area contributed by atoms with Gasteiger partial charge in [-0.1, -0.05) is 6.07 Å². The average molecular weight is 390 g/mol. The summed E-state index contributed by atoms with van der Waals surface area (Å²) in [5.74, 6) is 0.368. The number of aryl methyl sites for hydroxylation is 1. The Bertz CT molecular complexity index is 971. The smallest absolute Gasteiger partial charge is 0.294 e. The first-order valence-electron chi connectivity index (χ1n) is 6.61. The van der Waals surface area contributed by atoms with Gasteiger partial charge in [-0.25, -0.2) is 0 Å². The number of hydrogen-bond donors (Lipinski definition) is 4. The van der Waals surface area contributed by atoms with Crippen molar-refractivity contribution in [3.8, 4) is 5.75 Å². The second-order valence-electron chi connectivity index (χ2n) is 4.87. The summed E-state index contributed by atoms with van der Waals surface area (Å²) in [5.41, 5.74) is 12.2. The molecular weight excluding hydrogens is 372 g/mol. The molecule has 2 rings (SSSR count). The van der Waals surface area contributed by atoms with E-state index in [1.165, 1.54) is 31.4 Å². The zero-order valence-corrected chi connectivity index (χ0v) is 15.0. The van der Waals surface area contributed by atoms with Crippen molar-refractivity contribution in [2.75, 3.05) is 18.6 Å². The summed E-state index contributed by atoms with van der Waals surface area (Å²) in [6.45, 7) is 1.75. The summed E-state index contributed by atoms with van der Waals surface area (Å²) in [6.07, 6.45) is 0. The van der Waals surface area contributed by atoms with Gasteiger partial charge in [0.25, 0.3) is 20.2 Å². The van der Waals surface area contributed by atoms with E-state index in [-0.39, 0.29) is 15.5 Å². The monoisotopic (exact) mass is 390 g/mol. The number of nitrogens with two attached hydrogens (primary N) is 2. The third-order valence-electron chi connectivity index (χ3n) is 3.05. The topological polar surface area (TPSA) is 170 Å². The van der Waals surface area contributed by atoms with E-state index in [2.05, 4.69) is 0 Å². The Hall–Kier alpha value is -2.34. The van der Waals surface area contributed by atoms with Crippen LogP contribution >= 0.6 is 0 Å². The van der Waals surface area contributed by atoms with Gasteiger partial charge >= 0.3 is 0 Å². The van der Waals surface area contributed by atoms with Crippen molar-refractivity contribution in [2.24, 2.45) is 0 Å². The van der Waals surface area contributed by atoms with Crippen molar-refractivity contribution in [3.05, 3.63) is 42.0 Å². The third-order valence-corrected chi connectivity index (χ3v) is 4.75. The molecule has 0 aliphatic carbocycles. The Morgan fingerprint density at radius 2 is 1.28 bits per heavy atom. The van der Waals surface area contributed by atoms with Crippen molar-refractivity contribution >= 4 is 31.6 Å². The van der Waals surface area contributed by atoms with Crippen molar-refractivity contribution in [2.45, 2.75) is 16.7 Å². The molecule has 0 saturated heterocycles. The summed E-state index contributed by atoms with van der Waals surface area (Å²) in [4.78, 5) is -0.420. The number of methoxy groups -OCH3 is 1. The molecule has 6 N–H and O–H groups in total. The van der Waals surface area contributed by atoms with Crippen LogP contribution in [-0.4, -0.2) is 33.1 Å². The molecule has 0 spiro atoms. The van der Waals surface area contributed by atoms with Gasteiger partial charge in [-0.2, -0.15) is 16.8 Å². The molecule has 2 aromatic carbocycles. The molecule has 0 aliphatic heterocycles. The SMILES string of the molecule is COc1ccc(S(=O)(=O)O)cc1N.Cc1ccc(S(=O)(=O)O)cc1N. The van der Waals surface area contributed by atoms with Crippen molar-refractivity contribution in [1.82, 2.24) is 0 Å². The lowest BCUT2D eigenvalue weighted by molar-refractivity contribution is 0.416. The van der Waals surface area contributed by atoms with Gasteiger partial charge in [0.15, 0.2) is 0 Å². The van der Waals surface area contributed by atoms with E-state index in [0.29, 0.717) is 11.4 Å². The largest absolute Gasteiger partial charge is 0.495 e. The molecule has 0 amide bonds. The Labute approximate surface area is 145 Å². The predicted octanol–water partition coefficient (Wildman–Crippen LogP) is 1.35. The molecule has 0 aliphatic rings. The molecule has 138 valence electrons. The number of nitrogen functional groups attached to an aromatic ring is 2. The van der Waals surface area contributed by atoms with E-state index in [9.17, 15) is 16.8 Å². The lowest BCUT2D eigenvalue weighted by Gasteiger charge is -2.04. The first kappa shape index (κ1) is 20.7. The van der Waals surface area contributed by atoms with E-state index >= 15 is 0 Å². The van der Waals surface area contributed by atoms with Crippen LogP contribution in [0.1, 0.15) is 5.56 Å². The second kappa shape index (κ2) is 7.70. The molecule has 0 bridgehead atoms. The molecule has 0 unspecified atom stereocenters. The van der Waals surface area contributed by atoms with Crippen LogP contribution in [0.5, 0.6) is 5.75 Å². The van der Waals surface area contributed by atoms with Crippen molar-refractivity contribution in [3.63, 3.8) is 0 Å². The van der Waals surface area contributed by atoms with E-state index < -0.39 is 20.2 Å². The first-order valence-corrected chi connectivity index (χ1v) is 9.49. The highest BCUT2D eigenvalue weighted by Gasteiger charge is 2.11. The minimum atomic E-state index is -4.19. The molecule has 0 radical (unpaired) electrons. The molecule has 0 saturated carbocycles. The van der Waals surface area contributed by atoms with E-state index in [4.69, 9.17) is 25.3 Å². The molecule has 11 heteroatoms. The Balaban J connectivity index is 0.000000251. The van der Waals surface area contributed by atoms with Gasteiger partial charge < -0.3 is 16.2 Å². The molecule has 0 fully saturated rings. The number of anilines is 2. The van der Waals surface area contributed by atoms with Crippen LogP contribution in [-0.2, 0) is 20.2 Å². The second-order valence-corrected chi connectivity index (χ2v) is 7.72. The first-order chi connectivity index (χ1) is 11.4. The highest BCUT2D eigenvalue weighted by Crippen LogP contribution is 2.23. The van der Waals surface area contributed by atoms with Crippen LogP contribution in [0, 0.1) is 6.92 Å². The normalized spacial score (nSPS) is 11.4. The minimum absolute atomic E-state index is 0.164. The fourth-order valence-electron chi connectivity index (χ4n) is 1.65. The van der Waals surface area contributed by atoms with Gasteiger partial charge in [-0.05, 0) is 42.8 Å². The van der Waals surface area contributed by atoms with Crippen LogP contribution in [0.3, 0.4) is 0 Å². The Morgan fingerprint density at radius 1 is 0.840 bits per heavy atom. The van der Waals surface area contributed by atoms with Crippen LogP contribution in [0.25, 0.3) is 0 Å². The molecular formula is C14H18N2O7S2. The standard InChI is InChI=1S/C7H9NO4S.C7H9NO3S/c1-12-7-3-2-5(4-6(7)8)13(9,10)11;1-5-2-3-6(4-7(5)8)12(9,10)11/h2-4H,8H2,1H3,(H,9,10,11);2-4H,8H2,1H3,(H,9,10,11). The Kier molecular flexibility index (Phi) is 6.37. The number of ether oxygens (including phenoxy) is 1. The maximum atomic E-state index is 10.6.